The van der Waals surface area contributed by atoms with Crippen LogP contribution >= 0.6 is 0 Å². The standard InChI is InChI=1S/C18H28N2O/c1-4-16(5-2)18(21)20-12-10-19(11-13-20)14-17-9-7-6-8-15(17)3/h6-9,16H,4-5,10-14H2,1-3H3. The van der Waals surface area contributed by atoms with Crippen LogP contribution in [0, 0.1) is 12.8 Å². The van der Waals surface area contributed by atoms with Crippen molar-refractivity contribution in [2.45, 2.75) is 40.2 Å². The molecular formula is C18H28N2O. The molecule has 116 valence electrons. The van der Waals surface area contributed by atoms with Gasteiger partial charge in [0.25, 0.3) is 0 Å². The number of aryl methyl sites for hydroxylation is 1. The van der Waals surface area contributed by atoms with Gasteiger partial charge in [-0.05, 0) is 30.9 Å². The van der Waals surface area contributed by atoms with Gasteiger partial charge in [-0.25, -0.2) is 0 Å². The van der Waals surface area contributed by atoms with Gasteiger partial charge in [-0.1, -0.05) is 38.1 Å². The zero-order chi connectivity index (χ0) is 15.2. The highest BCUT2D eigenvalue weighted by Crippen LogP contribution is 2.16. The highest BCUT2D eigenvalue weighted by Gasteiger charge is 2.25. The van der Waals surface area contributed by atoms with E-state index in [1.807, 2.05) is 0 Å². The number of piperazine rings is 1. The third-order valence-electron chi connectivity index (χ3n) is 4.67. The number of carbonyl (C=O) groups excluding carboxylic acids is 1. The van der Waals surface area contributed by atoms with E-state index in [4.69, 9.17) is 0 Å². The summed E-state index contributed by atoms with van der Waals surface area (Å²) in [7, 11) is 0. The average molecular weight is 288 g/mol. The minimum atomic E-state index is 0.216. The van der Waals surface area contributed by atoms with Gasteiger partial charge >= 0.3 is 0 Å². The topological polar surface area (TPSA) is 23.6 Å². The Morgan fingerprint density at radius 2 is 1.71 bits per heavy atom. The first-order chi connectivity index (χ1) is 10.2. The zero-order valence-corrected chi connectivity index (χ0v) is 13.6. The Labute approximate surface area is 128 Å². The van der Waals surface area contributed by atoms with E-state index in [0.29, 0.717) is 5.91 Å². The first kappa shape index (κ1) is 16.0. The monoisotopic (exact) mass is 288 g/mol. The molecule has 21 heavy (non-hydrogen) atoms. The number of hydrogen-bond donors (Lipinski definition) is 0. The van der Waals surface area contributed by atoms with Gasteiger partial charge in [-0.15, -0.1) is 0 Å². The average Bonchev–Trinajstić information content (AvgIpc) is 2.51. The van der Waals surface area contributed by atoms with E-state index in [1.165, 1.54) is 11.1 Å². The Morgan fingerprint density at radius 1 is 1.10 bits per heavy atom. The van der Waals surface area contributed by atoms with E-state index in [0.717, 1.165) is 45.6 Å². The third kappa shape index (κ3) is 4.07. The number of carbonyl (C=O) groups is 1. The molecule has 2 rings (SSSR count). The summed E-state index contributed by atoms with van der Waals surface area (Å²) in [5, 5.41) is 0. The van der Waals surface area contributed by atoms with Crippen LogP contribution in [0.2, 0.25) is 0 Å². The number of nitrogens with zero attached hydrogens (tertiary/aromatic N) is 2. The lowest BCUT2D eigenvalue weighted by molar-refractivity contribution is -0.137. The normalized spacial score (nSPS) is 16.5. The molecule has 1 aromatic carbocycles. The fraction of sp³-hybridized carbons (Fsp3) is 0.611. The molecule has 1 heterocycles. The predicted molar refractivity (Wildman–Crippen MR) is 87.1 cm³/mol. The fourth-order valence-corrected chi connectivity index (χ4v) is 3.05. The maximum atomic E-state index is 12.4. The van der Waals surface area contributed by atoms with Gasteiger partial charge in [-0.3, -0.25) is 9.69 Å². The molecule has 0 spiro atoms. The molecule has 3 nitrogen and oxygen atoms in total. The zero-order valence-electron chi connectivity index (χ0n) is 13.6. The van der Waals surface area contributed by atoms with Crippen molar-refractivity contribution in [2.75, 3.05) is 26.2 Å². The third-order valence-corrected chi connectivity index (χ3v) is 4.67. The second-order valence-corrected chi connectivity index (χ2v) is 6.04. The van der Waals surface area contributed by atoms with Crippen molar-refractivity contribution in [3.63, 3.8) is 0 Å². The smallest absolute Gasteiger partial charge is 0.225 e. The molecule has 0 radical (unpaired) electrons. The highest BCUT2D eigenvalue weighted by molar-refractivity contribution is 5.78. The van der Waals surface area contributed by atoms with Gasteiger partial charge < -0.3 is 4.90 Å². The Bertz CT molecular complexity index is 460. The summed E-state index contributed by atoms with van der Waals surface area (Å²) in [5.74, 6) is 0.573. The molecule has 0 saturated carbocycles. The van der Waals surface area contributed by atoms with Crippen LogP contribution in [0.25, 0.3) is 0 Å². The Kier molecular flexibility index (Phi) is 5.80. The van der Waals surface area contributed by atoms with Crippen LogP contribution in [0.1, 0.15) is 37.8 Å². The van der Waals surface area contributed by atoms with E-state index < -0.39 is 0 Å². The molecule has 1 aromatic rings. The van der Waals surface area contributed by atoms with Crippen LogP contribution in [0.15, 0.2) is 24.3 Å². The Morgan fingerprint density at radius 3 is 2.29 bits per heavy atom. The maximum absolute atomic E-state index is 12.4. The second kappa shape index (κ2) is 7.60. The van der Waals surface area contributed by atoms with Crippen LogP contribution in [-0.2, 0) is 11.3 Å². The molecule has 1 aliphatic heterocycles. The predicted octanol–water partition coefficient (Wildman–Crippen LogP) is 3.08. The Hall–Kier alpha value is -1.35. The minimum absolute atomic E-state index is 0.216. The highest BCUT2D eigenvalue weighted by atomic mass is 16.2. The van der Waals surface area contributed by atoms with E-state index in [1.54, 1.807) is 0 Å². The molecule has 0 N–H and O–H groups in total. The van der Waals surface area contributed by atoms with Gasteiger partial charge in [0.1, 0.15) is 0 Å². The van der Waals surface area contributed by atoms with Gasteiger partial charge in [-0.2, -0.15) is 0 Å². The summed E-state index contributed by atoms with van der Waals surface area (Å²) >= 11 is 0. The van der Waals surface area contributed by atoms with Crippen molar-refractivity contribution < 1.29 is 4.79 Å². The molecule has 1 aliphatic rings. The lowest BCUT2D eigenvalue weighted by atomic mass is 10.0. The van der Waals surface area contributed by atoms with E-state index >= 15 is 0 Å². The minimum Gasteiger partial charge on any atom is -0.340 e. The summed E-state index contributed by atoms with van der Waals surface area (Å²) in [4.78, 5) is 16.9. The maximum Gasteiger partial charge on any atom is 0.225 e. The summed E-state index contributed by atoms with van der Waals surface area (Å²) in [6.45, 7) is 11.1. The number of benzene rings is 1. The molecule has 0 unspecified atom stereocenters. The van der Waals surface area contributed by atoms with Crippen molar-refractivity contribution in [2.24, 2.45) is 5.92 Å². The molecule has 1 saturated heterocycles. The first-order valence-electron chi connectivity index (χ1n) is 8.21. The summed E-state index contributed by atoms with van der Waals surface area (Å²) in [6, 6.07) is 8.57. The second-order valence-electron chi connectivity index (χ2n) is 6.04. The van der Waals surface area contributed by atoms with Gasteiger partial charge in [0.2, 0.25) is 5.91 Å². The number of amides is 1. The summed E-state index contributed by atoms with van der Waals surface area (Å²) in [6.07, 6.45) is 1.91. The fourth-order valence-electron chi connectivity index (χ4n) is 3.05. The Balaban J connectivity index is 1.86. The molecule has 1 amide bonds. The van der Waals surface area contributed by atoms with Crippen LogP contribution in [0.5, 0.6) is 0 Å². The first-order valence-corrected chi connectivity index (χ1v) is 8.21. The number of hydrogen-bond acceptors (Lipinski definition) is 2. The van der Waals surface area contributed by atoms with E-state index in [9.17, 15) is 4.79 Å². The molecule has 0 atom stereocenters. The quantitative estimate of drug-likeness (QED) is 0.831. The van der Waals surface area contributed by atoms with Crippen molar-refractivity contribution in [1.82, 2.24) is 9.80 Å². The van der Waals surface area contributed by atoms with Crippen molar-refractivity contribution in [3.05, 3.63) is 35.4 Å². The molecule has 0 bridgehead atoms. The lowest BCUT2D eigenvalue weighted by Gasteiger charge is -2.36. The van der Waals surface area contributed by atoms with Crippen LogP contribution in [0.3, 0.4) is 0 Å². The van der Waals surface area contributed by atoms with Crippen LogP contribution < -0.4 is 0 Å². The van der Waals surface area contributed by atoms with Gasteiger partial charge in [0.15, 0.2) is 0 Å². The van der Waals surface area contributed by atoms with Crippen molar-refractivity contribution in [3.8, 4) is 0 Å². The van der Waals surface area contributed by atoms with Gasteiger partial charge in [0.05, 0.1) is 0 Å². The van der Waals surface area contributed by atoms with Crippen molar-refractivity contribution in [1.29, 1.82) is 0 Å². The van der Waals surface area contributed by atoms with Crippen LogP contribution in [-0.4, -0.2) is 41.9 Å². The van der Waals surface area contributed by atoms with E-state index in [-0.39, 0.29) is 5.92 Å². The molecular weight excluding hydrogens is 260 g/mol. The molecule has 0 aliphatic carbocycles. The van der Waals surface area contributed by atoms with Gasteiger partial charge in [0, 0.05) is 38.6 Å². The molecule has 0 aromatic heterocycles. The summed E-state index contributed by atoms with van der Waals surface area (Å²) < 4.78 is 0. The summed E-state index contributed by atoms with van der Waals surface area (Å²) in [5.41, 5.74) is 2.75. The van der Waals surface area contributed by atoms with Crippen molar-refractivity contribution >= 4 is 5.91 Å². The SMILES string of the molecule is CCC(CC)C(=O)N1CCN(Cc2ccccc2C)CC1. The lowest BCUT2D eigenvalue weighted by Crippen LogP contribution is -2.49. The number of rotatable bonds is 5. The molecule has 1 fully saturated rings. The molecule has 3 heteroatoms. The van der Waals surface area contributed by atoms with E-state index in [2.05, 4.69) is 54.8 Å². The van der Waals surface area contributed by atoms with Crippen LogP contribution in [0.4, 0.5) is 0 Å². The largest absolute Gasteiger partial charge is 0.340 e.